The Morgan fingerprint density at radius 2 is 1.91 bits per heavy atom. The van der Waals surface area contributed by atoms with Gasteiger partial charge in [0.1, 0.15) is 6.61 Å². The van der Waals surface area contributed by atoms with E-state index in [0.717, 1.165) is 38.0 Å². The average molecular weight is 481 g/mol. The first-order valence-electron chi connectivity index (χ1n) is 12.3. The van der Waals surface area contributed by atoms with Crippen molar-refractivity contribution in [2.75, 3.05) is 13.2 Å². The lowest BCUT2D eigenvalue weighted by Gasteiger charge is -2.12. The molecular formula is C29H34F2N2O2. The molecule has 0 bridgehead atoms. The van der Waals surface area contributed by atoms with E-state index in [-0.39, 0.29) is 24.0 Å². The van der Waals surface area contributed by atoms with Crippen LogP contribution < -0.4 is 4.74 Å². The smallest absolute Gasteiger partial charge is 0.201 e. The van der Waals surface area contributed by atoms with Gasteiger partial charge >= 0.3 is 0 Å². The molecule has 186 valence electrons. The van der Waals surface area contributed by atoms with Crippen LogP contribution in [-0.2, 0) is 4.74 Å². The van der Waals surface area contributed by atoms with Crippen molar-refractivity contribution in [3.8, 4) is 16.9 Å². The molecule has 0 aliphatic rings. The summed E-state index contributed by atoms with van der Waals surface area (Å²) >= 11 is 0. The van der Waals surface area contributed by atoms with Gasteiger partial charge < -0.3 is 9.47 Å². The molecule has 1 unspecified atom stereocenters. The number of halogens is 2. The summed E-state index contributed by atoms with van der Waals surface area (Å²) in [6.45, 7) is 8.78. The first-order valence-corrected chi connectivity index (χ1v) is 12.3. The van der Waals surface area contributed by atoms with Gasteiger partial charge in [0.25, 0.3) is 0 Å². The van der Waals surface area contributed by atoms with Crippen LogP contribution >= 0.6 is 0 Å². The highest BCUT2D eigenvalue weighted by Gasteiger charge is 2.16. The van der Waals surface area contributed by atoms with Crippen LogP contribution in [0.25, 0.3) is 28.2 Å². The molecule has 0 saturated heterocycles. The molecule has 0 fully saturated rings. The molecule has 0 radical (unpaired) electrons. The summed E-state index contributed by atoms with van der Waals surface area (Å²) in [4.78, 5) is 9.09. The van der Waals surface area contributed by atoms with E-state index >= 15 is 0 Å². The van der Waals surface area contributed by atoms with E-state index < -0.39 is 11.6 Å². The number of benzene rings is 2. The van der Waals surface area contributed by atoms with Crippen LogP contribution in [0.2, 0.25) is 0 Å². The van der Waals surface area contributed by atoms with Gasteiger partial charge in [0.2, 0.25) is 5.82 Å². The summed E-state index contributed by atoms with van der Waals surface area (Å²) in [5.74, 6) is -2.12. The largest absolute Gasteiger partial charge is 0.486 e. The van der Waals surface area contributed by atoms with E-state index in [0.29, 0.717) is 16.6 Å². The molecule has 35 heavy (non-hydrogen) atoms. The van der Waals surface area contributed by atoms with Gasteiger partial charge in [-0.1, -0.05) is 44.6 Å². The zero-order valence-corrected chi connectivity index (χ0v) is 20.6. The Hall–Kier alpha value is -3.12. The van der Waals surface area contributed by atoms with E-state index in [1.165, 1.54) is 31.1 Å². The normalized spacial score (nSPS) is 12.3. The second kappa shape index (κ2) is 13.7. The van der Waals surface area contributed by atoms with Crippen molar-refractivity contribution < 1.29 is 18.3 Å². The van der Waals surface area contributed by atoms with Gasteiger partial charge in [-0.3, -0.25) is 4.98 Å². The molecule has 0 saturated carbocycles. The van der Waals surface area contributed by atoms with Crippen molar-refractivity contribution >= 4 is 17.1 Å². The van der Waals surface area contributed by atoms with E-state index in [1.807, 2.05) is 6.08 Å². The predicted molar refractivity (Wildman–Crippen MR) is 138 cm³/mol. The van der Waals surface area contributed by atoms with Gasteiger partial charge in [-0.15, -0.1) is 0 Å². The molecule has 0 aliphatic carbocycles. The van der Waals surface area contributed by atoms with Gasteiger partial charge in [-0.05, 0) is 68.5 Å². The summed E-state index contributed by atoms with van der Waals surface area (Å²) in [5.41, 5.74) is 2.73. The van der Waals surface area contributed by atoms with Crippen molar-refractivity contribution in [3.63, 3.8) is 0 Å². The fourth-order valence-electron chi connectivity index (χ4n) is 3.73. The zero-order valence-electron chi connectivity index (χ0n) is 20.6. The SMILES string of the molecule is C=CCOc1ccc(-c2ccc3nc(/C=C/CCCC(C)OCCCCC)cnc3c2)c(F)c1F. The number of nitrogens with zero attached hydrogens (tertiary/aromatic N) is 2. The van der Waals surface area contributed by atoms with E-state index in [2.05, 4.69) is 36.5 Å². The summed E-state index contributed by atoms with van der Waals surface area (Å²) in [6.07, 6.45) is 14.1. The maximum atomic E-state index is 14.6. The number of aromatic nitrogens is 2. The van der Waals surface area contributed by atoms with Crippen molar-refractivity contribution in [1.82, 2.24) is 9.97 Å². The van der Waals surface area contributed by atoms with Crippen LogP contribution in [0.5, 0.6) is 5.75 Å². The fourth-order valence-corrected chi connectivity index (χ4v) is 3.73. The predicted octanol–water partition coefficient (Wildman–Crippen LogP) is 7.92. The molecule has 2 aromatic carbocycles. The average Bonchev–Trinajstić information content (AvgIpc) is 2.87. The minimum absolute atomic E-state index is 0.102. The molecule has 1 heterocycles. The lowest BCUT2D eigenvalue weighted by Crippen LogP contribution is -2.08. The van der Waals surface area contributed by atoms with Gasteiger partial charge in [0.05, 0.1) is 29.0 Å². The number of hydrogen-bond acceptors (Lipinski definition) is 4. The third-order valence-electron chi connectivity index (χ3n) is 5.70. The van der Waals surface area contributed by atoms with Crippen molar-refractivity contribution in [2.45, 2.75) is 58.5 Å². The molecule has 4 nitrogen and oxygen atoms in total. The lowest BCUT2D eigenvalue weighted by molar-refractivity contribution is 0.0566. The van der Waals surface area contributed by atoms with Crippen LogP contribution in [0.15, 0.2) is 55.3 Å². The maximum absolute atomic E-state index is 14.6. The minimum Gasteiger partial charge on any atom is -0.486 e. The van der Waals surface area contributed by atoms with E-state index in [4.69, 9.17) is 9.47 Å². The van der Waals surface area contributed by atoms with E-state index in [9.17, 15) is 8.78 Å². The Bertz CT molecular complexity index is 1150. The van der Waals surface area contributed by atoms with Crippen molar-refractivity contribution in [2.24, 2.45) is 0 Å². The monoisotopic (exact) mass is 480 g/mol. The Kier molecular flexibility index (Phi) is 10.4. The highest BCUT2D eigenvalue weighted by molar-refractivity contribution is 5.82. The van der Waals surface area contributed by atoms with Crippen LogP contribution in [-0.4, -0.2) is 29.3 Å². The molecule has 1 aromatic heterocycles. The first-order chi connectivity index (χ1) is 17.0. The highest BCUT2D eigenvalue weighted by atomic mass is 19.2. The van der Waals surface area contributed by atoms with E-state index in [1.54, 1.807) is 24.4 Å². The second-order valence-electron chi connectivity index (χ2n) is 8.56. The quantitative estimate of drug-likeness (QED) is 0.174. The third kappa shape index (κ3) is 7.69. The molecule has 6 heteroatoms. The van der Waals surface area contributed by atoms with Crippen molar-refractivity contribution in [1.29, 1.82) is 0 Å². The van der Waals surface area contributed by atoms with Crippen LogP contribution in [0.3, 0.4) is 0 Å². The van der Waals surface area contributed by atoms with Gasteiger partial charge in [-0.2, -0.15) is 4.39 Å². The lowest BCUT2D eigenvalue weighted by atomic mass is 10.0. The minimum atomic E-state index is -1.02. The Morgan fingerprint density at radius 1 is 1.06 bits per heavy atom. The summed E-state index contributed by atoms with van der Waals surface area (Å²) in [6, 6.07) is 8.11. The molecule has 3 aromatic rings. The van der Waals surface area contributed by atoms with Gasteiger partial charge in [0.15, 0.2) is 11.6 Å². The number of rotatable bonds is 14. The Morgan fingerprint density at radius 3 is 2.71 bits per heavy atom. The number of fused-ring (bicyclic) bond motifs is 1. The molecule has 0 amide bonds. The summed E-state index contributed by atoms with van der Waals surface area (Å²) in [5, 5.41) is 0. The van der Waals surface area contributed by atoms with Crippen LogP contribution in [0.4, 0.5) is 8.78 Å². The molecule has 0 N–H and O–H groups in total. The topological polar surface area (TPSA) is 44.2 Å². The first kappa shape index (κ1) is 26.5. The number of allylic oxidation sites excluding steroid dienone is 1. The molecule has 3 rings (SSSR count). The second-order valence-corrected chi connectivity index (χ2v) is 8.56. The zero-order chi connectivity index (χ0) is 25.0. The van der Waals surface area contributed by atoms with Gasteiger partial charge in [-0.25, -0.2) is 9.37 Å². The Balaban J connectivity index is 1.59. The summed E-state index contributed by atoms with van der Waals surface area (Å²) < 4.78 is 40.0. The standard InChI is InChI=1S/C29H34F2N2O2/c1-4-6-10-18-34-21(3)11-8-7-9-12-23-20-32-26-19-22(13-15-25(26)33-23)24-14-16-27(35-17-5-2)29(31)28(24)30/h5,9,12-16,19-21H,2,4,6-8,10-11,17-18H2,1,3H3/b12-9+. The molecule has 1 atom stereocenters. The van der Waals surface area contributed by atoms with Crippen molar-refractivity contribution in [3.05, 3.63) is 72.6 Å². The van der Waals surface area contributed by atoms with Crippen LogP contribution in [0, 0.1) is 11.6 Å². The Labute approximate surface area is 206 Å². The van der Waals surface area contributed by atoms with Gasteiger partial charge in [0, 0.05) is 12.2 Å². The number of ether oxygens (including phenoxy) is 2. The molecular weight excluding hydrogens is 446 g/mol. The highest BCUT2D eigenvalue weighted by Crippen LogP contribution is 2.31. The molecule has 0 spiro atoms. The molecule has 0 aliphatic heterocycles. The summed E-state index contributed by atoms with van der Waals surface area (Å²) in [7, 11) is 0. The third-order valence-corrected chi connectivity index (χ3v) is 5.70. The maximum Gasteiger partial charge on any atom is 0.201 e. The van der Waals surface area contributed by atoms with Crippen LogP contribution in [0.1, 0.15) is 58.1 Å². The number of unbranched alkanes of at least 4 members (excludes halogenated alkanes) is 3. The fraction of sp³-hybridized carbons (Fsp3) is 0.379. The number of hydrogen-bond donors (Lipinski definition) is 0.